The van der Waals surface area contributed by atoms with E-state index in [1.54, 1.807) is 12.3 Å². The van der Waals surface area contributed by atoms with Crippen LogP contribution >= 0.6 is 15.9 Å². The number of fused-ring (bicyclic) bond motifs is 1. The van der Waals surface area contributed by atoms with Gasteiger partial charge in [-0.25, -0.2) is 0 Å². The summed E-state index contributed by atoms with van der Waals surface area (Å²) in [5, 5.41) is 0. The summed E-state index contributed by atoms with van der Waals surface area (Å²) < 4.78 is 6.72. The summed E-state index contributed by atoms with van der Waals surface area (Å²) in [5.41, 5.74) is 1.43. The molecular weight excluding hydrogens is 294 g/mol. The van der Waals surface area contributed by atoms with Crippen molar-refractivity contribution in [2.45, 2.75) is 12.5 Å². The molecule has 0 bridgehead atoms. The van der Waals surface area contributed by atoms with Gasteiger partial charge in [0.15, 0.2) is 5.78 Å². The number of ether oxygens (including phenoxy) is 1. The van der Waals surface area contributed by atoms with E-state index in [9.17, 15) is 4.79 Å². The number of benzene rings is 1. The van der Waals surface area contributed by atoms with Gasteiger partial charge in [-0.2, -0.15) is 0 Å². The third-order valence-electron chi connectivity index (χ3n) is 2.90. The lowest BCUT2D eigenvalue weighted by Gasteiger charge is -2.24. The van der Waals surface area contributed by atoms with Crippen LogP contribution in [0, 0.1) is 0 Å². The van der Waals surface area contributed by atoms with Crippen molar-refractivity contribution in [3.8, 4) is 5.75 Å². The third-order valence-corrected chi connectivity index (χ3v) is 3.39. The second-order valence-electron chi connectivity index (χ2n) is 4.13. The van der Waals surface area contributed by atoms with Crippen molar-refractivity contribution >= 4 is 21.7 Å². The van der Waals surface area contributed by atoms with Crippen LogP contribution in [0.2, 0.25) is 0 Å². The zero-order valence-corrected chi connectivity index (χ0v) is 11.1. The second kappa shape index (κ2) is 4.53. The quantitative estimate of drug-likeness (QED) is 0.809. The third kappa shape index (κ3) is 2.04. The van der Waals surface area contributed by atoms with Gasteiger partial charge in [0.25, 0.3) is 0 Å². The minimum atomic E-state index is -0.285. The van der Waals surface area contributed by atoms with E-state index < -0.39 is 0 Å². The van der Waals surface area contributed by atoms with Crippen LogP contribution in [0.25, 0.3) is 0 Å². The van der Waals surface area contributed by atoms with Crippen molar-refractivity contribution in [2.75, 3.05) is 0 Å². The number of carbonyl (C=O) groups excluding carboxylic acids is 1. The summed E-state index contributed by atoms with van der Waals surface area (Å²) in [6.45, 7) is 0. The average molecular weight is 304 g/mol. The molecule has 0 amide bonds. The standard InChI is InChI=1S/C14H10BrNO2/c15-9-4-5-13-10(7-9)12(17)8-14(18-13)11-3-1-2-6-16-11/h1-7,14H,8H2/t14-/m0/s1. The number of nitrogens with zero attached hydrogens (tertiary/aromatic N) is 1. The van der Waals surface area contributed by atoms with Crippen molar-refractivity contribution < 1.29 is 9.53 Å². The maximum absolute atomic E-state index is 12.1. The predicted octanol–water partition coefficient (Wildman–Crippen LogP) is 3.55. The van der Waals surface area contributed by atoms with E-state index in [2.05, 4.69) is 20.9 Å². The maximum Gasteiger partial charge on any atom is 0.170 e. The highest BCUT2D eigenvalue weighted by Gasteiger charge is 2.28. The van der Waals surface area contributed by atoms with Crippen molar-refractivity contribution in [3.63, 3.8) is 0 Å². The number of rotatable bonds is 1. The molecule has 0 fully saturated rings. The Bertz CT molecular complexity index is 598. The fourth-order valence-electron chi connectivity index (χ4n) is 2.03. The van der Waals surface area contributed by atoms with Crippen molar-refractivity contribution in [1.29, 1.82) is 0 Å². The van der Waals surface area contributed by atoms with E-state index in [0.717, 1.165) is 10.2 Å². The largest absolute Gasteiger partial charge is 0.483 e. The molecule has 0 saturated heterocycles. The van der Waals surface area contributed by atoms with Gasteiger partial charge >= 0.3 is 0 Å². The number of Topliss-reactive ketones (excluding diaryl/α,β-unsaturated/α-hetero) is 1. The zero-order valence-electron chi connectivity index (χ0n) is 9.47. The lowest BCUT2D eigenvalue weighted by molar-refractivity contribution is 0.0844. The molecule has 1 atom stereocenters. The summed E-state index contributed by atoms with van der Waals surface area (Å²) in [6.07, 6.45) is 1.76. The molecule has 3 nitrogen and oxygen atoms in total. The molecule has 0 saturated carbocycles. The molecule has 0 spiro atoms. The summed E-state index contributed by atoms with van der Waals surface area (Å²) >= 11 is 3.36. The van der Waals surface area contributed by atoms with E-state index in [1.807, 2.05) is 30.3 Å². The highest BCUT2D eigenvalue weighted by atomic mass is 79.9. The summed E-state index contributed by atoms with van der Waals surface area (Å²) in [6, 6.07) is 11.1. The normalized spacial score (nSPS) is 18.1. The molecule has 18 heavy (non-hydrogen) atoms. The first kappa shape index (κ1) is 11.4. The highest BCUT2D eigenvalue weighted by molar-refractivity contribution is 9.10. The van der Waals surface area contributed by atoms with Gasteiger partial charge in [-0.1, -0.05) is 22.0 Å². The summed E-state index contributed by atoms with van der Waals surface area (Å²) in [5.74, 6) is 0.721. The fourth-order valence-corrected chi connectivity index (χ4v) is 2.39. The van der Waals surface area contributed by atoms with Crippen molar-refractivity contribution in [1.82, 2.24) is 4.98 Å². The van der Waals surface area contributed by atoms with Gasteiger partial charge in [-0.3, -0.25) is 9.78 Å². The Morgan fingerprint density at radius 2 is 2.17 bits per heavy atom. The Morgan fingerprint density at radius 1 is 1.28 bits per heavy atom. The van der Waals surface area contributed by atoms with E-state index in [0.29, 0.717) is 17.7 Å². The van der Waals surface area contributed by atoms with E-state index in [1.165, 1.54) is 0 Å². The molecule has 4 heteroatoms. The minimum absolute atomic E-state index is 0.0909. The van der Waals surface area contributed by atoms with Crippen LogP contribution in [0.3, 0.4) is 0 Å². The molecule has 0 N–H and O–H groups in total. The summed E-state index contributed by atoms with van der Waals surface area (Å²) in [7, 11) is 0. The SMILES string of the molecule is O=C1C[C@@H](c2ccccn2)Oc2ccc(Br)cc21. The maximum atomic E-state index is 12.1. The number of aromatic nitrogens is 1. The Labute approximate surface area is 113 Å². The topological polar surface area (TPSA) is 39.2 Å². The molecule has 2 aromatic rings. The first-order valence-electron chi connectivity index (χ1n) is 5.64. The zero-order chi connectivity index (χ0) is 12.5. The van der Waals surface area contributed by atoms with E-state index in [-0.39, 0.29) is 11.9 Å². The molecule has 1 aromatic heterocycles. The van der Waals surface area contributed by atoms with Gasteiger partial charge in [0.2, 0.25) is 0 Å². The lowest BCUT2D eigenvalue weighted by atomic mass is 9.99. The van der Waals surface area contributed by atoms with Crippen molar-refractivity contribution in [2.24, 2.45) is 0 Å². The van der Waals surface area contributed by atoms with Crippen LogP contribution in [0.1, 0.15) is 28.6 Å². The lowest BCUT2D eigenvalue weighted by Crippen LogP contribution is -2.21. The minimum Gasteiger partial charge on any atom is -0.483 e. The van der Waals surface area contributed by atoms with Crippen LogP contribution in [0.15, 0.2) is 47.1 Å². The molecular formula is C14H10BrNO2. The number of ketones is 1. The average Bonchev–Trinajstić information content (AvgIpc) is 2.40. The van der Waals surface area contributed by atoms with Crippen LogP contribution in [0.5, 0.6) is 5.75 Å². The number of carbonyl (C=O) groups is 1. The smallest absolute Gasteiger partial charge is 0.170 e. The number of pyridine rings is 1. The van der Waals surface area contributed by atoms with Gasteiger partial charge in [0, 0.05) is 10.7 Å². The van der Waals surface area contributed by atoms with Crippen LogP contribution in [-0.2, 0) is 0 Å². The molecule has 1 aliphatic rings. The first-order chi connectivity index (χ1) is 8.74. The Hall–Kier alpha value is -1.68. The van der Waals surface area contributed by atoms with Crippen molar-refractivity contribution in [3.05, 3.63) is 58.3 Å². The molecule has 3 rings (SSSR count). The molecule has 1 aromatic carbocycles. The number of hydrogen-bond acceptors (Lipinski definition) is 3. The van der Waals surface area contributed by atoms with Crippen LogP contribution in [-0.4, -0.2) is 10.8 Å². The predicted molar refractivity (Wildman–Crippen MR) is 70.7 cm³/mol. The molecule has 2 heterocycles. The molecule has 1 aliphatic heterocycles. The number of hydrogen-bond donors (Lipinski definition) is 0. The first-order valence-corrected chi connectivity index (χ1v) is 6.43. The fraction of sp³-hybridized carbons (Fsp3) is 0.143. The van der Waals surface area contributed by atoms with Gasteiger partial charge in [0.05, 0.1) is 17.7 Å². The molecule has 0 unspecified atom stereocenters. The van der Waals surface area contributed by atoms with Crippen LogP contribution < -0.4 is 4.74 Å². The van der Waals surface area contributed by atoms with Gasteiger partial charge in [-0.05, 0) is 30.3 Å². The Morgan fingerprint density at radius 3 is 2.94 bits per heavy atom. The van der Waals surface area contributed by atoms with E-state index >= 15 is 0 Å². The Balaban J connectivity index is 1.97. The second-order valence-corrected chi connectivity index (χ2v) is 5.04. The molecule has 0 radical (unpaired) electrons. The molecule has 90 valence electrons. The highest BCUT2D eigenvalue weighted by Crippen LogP contribution is 2.35. The van der Waals surface area contributed by atoms with Gasteiger partial charge < -0.3 is 4.74 Å². The van der Waals surface area contributed by atoms with Gasteiger partial charge in [-0.15, -0.1) is 0 Å². The monoisotopic (exact) mass is 303 g/mol. The Kier molecular flexibility index (Phi) is 2.88. The summed E-state index contributed by atoms with van der Waals surface area (Å²) in [4.78, 5) is 16.3. The molecule has 0 aliphatic carbocycles. The van der Waals surface area contributed by atoms with E-state index in [4.69, 9.17) is 4.74 Å². The number of halogens is 1. The van der Waals surface area contributed by atoms with Gasteiger partial charge in [0.1, 0.15) is 11.9 Å². The van der Waals surface area contributed by atoms with Crippen LogP contribution in [0.4, 0.5) is 0 Å².